The van der Waals surface area contributed by atoms with Crippen LogP contribution in [0, 0.1) is 0 Å². The summed E-state index contributed by atoms with van der Waals surface area (Å²) < 4.78 is 25.3. The zero-order chi connectivity index (χ0) is 14.4. The van der Waals surface area contributed by atoms with Crippen LogP contribution in [0.5, 0.6) is 11.5 Å². The largest absolute Gasteiger partial charge is 0.506 e. The van der Waals surface area contributed by atoms with Crippen molar-refractivity contribution in [3.05, 3.63) is 12.1 Å². The molecule has 0 bridgehead atoms. The zero-order valence-electron chi connectivity index (χ0n) is 11.2. The van der Waals surface area contributed by atoms with Crippen LogP contribution in [0.3, 0.4) is 0 Å². The van der Waals surface area contributed by atoms with Crippen molar-refractivity contribution in [3.8, 4) is 11.5 Å². The van der Waals surface area contributed by atoms with Crippen LogP contribution in [-0.4, -0.2) is 22.5 Å². The molecular weight excluding hydrogens is 294 g/mol. The van der Waals surface area contributed by atoms with Gasteiger partial charge in [-0.05, 0) is 12.1 Å². The second kappa shape index (κ2) is 3.32. The van der Waals surface area contributed by atoms with Crippen molar-refractivity contribution in [3.63, 3.8) is 0 Å². The van der Waals surface area contributed by atoms with Crippen molar-refractivity contribution in [2.24, 2.45) is 0 Å². The minimum Gasteiger partial charge on any atom is -0.506 e. The normalized spacial score (nSPS) is 29.1. The first-order chi connectivity index (χ1) is 9.41. The third-order valence-corrected chi connectivity index (χ3v) is 10.6. The maximum atomic E-state index is 12.7. The minimum atomic E-state index is -2.73. The van der Waals surface area contributed by atoms with E-state index in [1.165, 1.54) is 0 Å². The fourth-order valence-corrected chi connectivity index (χ4v) is 8.59. The summed E-state index contributed by atoms with van der Waals surface area (Å²) in [5, 5.41) is 23.9. The van der Waals surface area contributed by atoms with Gasteiger partial charge in [-0.15, -0.1) is 0 Å². The van der Waals surface area contributed by atoms with Crippen molar-refractivity contribution in [1.29, 1.82) is 0 Å². The molecule has 2 atom stereocenters. The van der Waals surface area contributed by atoms with Gasteiger partial charge in [-0.2, -0.15) is 0 Å². The second-order valence-corrected chi connectivity index (χ2v) is 11.4. The number of fused-ring (bicyclic) bond motifs is 4. The summed E-state index contributed by atoms with van der Waals surface area (Å²) in [5.41, 5.74) is 0. The molecule has 20 heavy (non-hydrogen) atoms. The Labute approximate surface area is 116 Å². The van der Waals surface area contributed by atoms with E-state index in [9.17, 15) is 19.3 Å². The van der Waals surface area contributed by atoms with Gasteiger partial charge in [0.05, 0.1) is 10.6 Å². The van der Waals surface area contributed by atoms with Crippen LogP contribution in [0.25, 0.3) is 10.8 Å². The van der Waals surface area contributed by atoms with E-state index in [0.717, 1.165) is 5.30 Å². The van der Waals surface area contributed by atoms with Crippen LogP contribution in [0.2, 0.25) is 0 Å². The summed E-state index contributed by atoms with van der Waals surface area (Å²) in [6.07, 6.45) is 0.914. The summed E-state index contributed by atoms with van der Waals surface area (Å²) in [7, 11) is -5.22. The molecule has 2 aliphatic heterocycles. The van der Waals surface area contributed by atoms with E-state index >= 15 is 0 Å². The van der Waals surface area contributed by atoms with Crippen LogP contribution in [0.15, 0.2) is 12.1 Å². The number of benzene rings is 2. The Morgan fingerprint density at radius 2 is 1.50 bits per heavy atom. The van der Waals surface area contributed by atoms with Crippen LogP contribution < -0.4 is 21.2 Å². The molecule has 2 aliphatic rings. The van der Waals surface area contributed by atoms with E-state index < -0.39 is 14.3 Å². The Bertz CT molecular complexity index is 914. The van der Waals surface area contributed by atoms with Crippen molar-refractivity contribution in [1.82, 2.24) is 0 Å². The van der Waals surface area contributed by atoms with Gasteiger partial charge in [-0.25, -0.2) is 0 Å². The average molecular weight is 308 g/mol. The Balaban J connectivity index is 2.16. The highest BCUT2D eigenvalue weighted by Gasteiger charge is 2.54. The van der Waals surface area contributed by atoms with E-state index in [1.807, 2.05) is 6.92 Å². The maximum absolute atomic E-state index is 12.7. The molecule has 104 valence electrons. The Kier molecular flexibility index (Phi) is 2.07. The summed E-state index contributed by atoms with van der Waals surface area (Å²) in [5.74, 6) is -0.0312. The molecule has 0 fully saturated rings. The lowest BCUT2D eigenvalue weighted by Gasteiger charge is -2.00. The molecule has 0 amide bonds. The number of phenols is 2. The first-order valence-corrected chi connectivity index (χ1v) is 10.4. The van der Waals surface area contributed by atoms with Crippen LogP contribution in [-0.2, 0) is 9.13 Å². The van der Waals surface area contributed by atoms with E-state index in [2.05, 4.69) is 0 Å². The second-order valence-electron chi connectivity index (χ2n) is 5.36. The fraction of sp³-hybridized carbons (Fsp3) is 0.286. The van der Waals surface area contributed by atoms with Crippen molar-refractivity contribution in [2.75, 3.05) is 12.3 Å². The molecule has 0 spiro atoms. The highest BCUT2D eigenvalue weighted by molar-refractivity contribution is 7.90. The Hall–Kier alpha value is -1.24. The summed E-state index contributed by atoms with van der Waals surface area (Å²) in [6.45, 7) is 3.64. The Morgan fingerprint density at radius 3 is 2.10 bits per heavy atom. The van der Waals surface area contributed by atoms with Crippen molar-refractivity contribution in [2.45, 2.75) is 13.8 Å². The molecule has 4 nitrogen and oxygen atoms in total. The molecule has 0 saturated heterocycles. The van der Waals surface area contributed by atoms with Crippen molar-refractivity contribution >= 4 is 46.3 Å². The standard InChI is InChI=1S/C14H14O4P2/c1-3-19(17)8-6-5-7-9(12(8)19)11(16)14-13(10(7)15)20(14,18)4-2/h5-6,15-16H,3-4H2,1-2H3. The van der Waals surface area contributed by atoms with Crippen LogP contribution in [0.1, 0.15) is 13.8 Å². The van der Waals surface area contributed by atoms with Crippen LogP contribution >= 0.6 is 14.3 Å². The number of hydrogen-bond donors (Lipinski definition) is 2. The lowest BCUT2D eigenvalue weighted by molar-refractivity contribution is 0.478. The molecule has 0 aromatic heterocycles. The highest BCUT2D eigenvalue weighted by Crippen LogP contribution is 2.64. The predicted molar refractivity (Wildman–Crippen MR) is 82.1 cm³/mol. The quantitative estimate of drug-likeness (QED) is 0.652. The summed E-state index contributed by atoms with van der Waals surface area (Å²) in [4.78, 5) is 0. The van der Waals surface area contributed by atoms with E-state index in [4.69, 9.17) is 0 Å². The van der Waals surface area contributed by atoms with Gasteiger partial charge < -0.3 is 19.3 Å². The van der Waals surface area contributed by atoms with Gasteiger partial charge >= 0.3 is 0 Å². The molecule has 2 N–H and O–H groups in total. The van der Waals surface area contributed by atoms with Crippen LogP contribution in [0.4, 0.5) is 0 Å². The predicted octanol–water partition coefficient (Wildman–Crippen LogP) is 1.55. The third kappa shape index (κ3) is 1.09. The number of aromatic hydroxyl groups is 2. The molecule has 2 heterocycles. The van der Waals surface area contributed by atoms with Crippen molar-refractivity contribution < 1.29 is 19.3 Å². The van der Waals surface area contributed by atoms with E-state index in [-0.39, 0.29) is 11.5 Å². The SMILES string of the molecule is CCP1(=O)c2c1c(O)c1c3c(ccc1c2O)P3(=O)CC. The molecule has 0 saturated carbocycles. The van der Waals surface area contributed by atoms with Gasteiger partial charge in [0.1, 0.15) is 18.6 Å². The summed E-state index contributed by atoms with van der Waals surface area (Å²) in [6, 6.07) is 3.43. The zero-order valence-corrected chi connectivity index (χ0v) is 13.0. The Morgan fingerprint density at radius 1 is 0.900 bits per heavy atom. The number of rotatable bonds is 2. The van der Waals surface area contributed by atoms with E-state index in [0.29, 0.717) is 39.0 Å². The molecule has 2 aromatic carbocycles. The molecule has 0 radical (unpaired) electrons. The molecule has 4 rings (SSSR count). The maximum Gasteiger partial charge on any atom is 0.152 e. The van der Waals surface area contributed by atoms with E-state index in [1.54, 1.807) is 19.1 Å². The third-order valence-electron chi connectivity index (χ3n) is 4.58. The fourth-order valence-electron chi connectivity index (χ4n) is 3.32. The van der Waals surface area contributed by atoms with Gasteiger partial charge in [-0.3, -0.25) is 0 Å². The topological polar surface area (TPSA) is 74.6 Å². The van der Waals surface area contributed by atoms with Gasteiger partial charge in [0, 0.05) is 33.7 Å². The molecule has 6 heteroatoms. The lowest BCUT2D eigenvalue weighted by atomic mass is 10.1. The highest BCUT2D eigenvalue weighted by atomic mass is 31.2. The van der Waals surface area contributed by atoms with Gasteiger partial charge in [0.25, 0.3) is 0 Å². The first-order valence-electron chi connectivity index (χ1n) is 6.66. The van der Waals surface area contributed by atoms with Gasteiger partial charge in [0.15, 0.2) is 7.14 Å². The first kappa shape index (κ1) is 12.5. The molecular formula is C14H14O4P2. The average Bonchev–Trinajstić information content (AvgIpc) is 3.29. The molecule has 2 aromatic rings. The number of hydrogen-bond acceptors (Lipinski definition) is 4. The molecule has 2 unspecified atom stereocenters. The molecule has 0 aliphatic carbocycles. The minimum absolute atomic E-state index is 0.00432. The lowest BCUT2D eigenvalue weighted by Crippen LogP contribution is -1.99. The monoisotopic (exact) mass is 308 g/mol. The number of phenolic OH excluding ortho intramolecular Hbond substituents is 2. The van der Waals surface area contributed by atoms with Gasteiger partial charge in [-0.1, -0.05) is 13.8 Å². The van der Waals surface area contributed by atoms with Gasteiger partial charge in [0.2, 0.25) is 0 Å². The summed E-state index contributed by atoms with van der Waals surface area (Å²) >= 11 is 0. The smallest absolute Gasteiger partial charge is 0.152 e.